The van der Waals surface area contributed by atoms with E-state index in [4.69, 9.17) is 14.7 Å². The van der Waals surface area contributed by atoms with Crippen molar-refractivity contribution >= 4 is 16.7 Å². The van der Waals surface area contributed by atoms with Crippen LogP contribution < -0.4 is 0 Å². The minimum atomic E-state index is -0.196. The van der Waals surface area contributed by atoms with E-state index < -0.39 is 0 Å². The van der Waals surface area contributed by atoms with Crippen molar-refractivity contribution in [1.82, 2.24) is 19.4 Å². The van der Waals surface area contributed by atoms with Gasteiger partial charge in [0.1, 0.15) is 11.9 Å². The van der Waals surface area contributed by atoms with Crippen LogP contribution in [0.3, 0.4) is 0 Å². The number of hydrogen-bond donors (Lipinski definition) is 0. The lowest BCUT2D eigenvalue weighted by molar-refractivity contribution is -0.135. The van der Waals surface area contributed by atoms with Gasteiger partial charge in [-0.15, -0.1) is 0 Å². The average Bonchev–Trinajstić information content (AvgIpc) is 3.58. The van der Waals surface area contributed by atoms with Gasteiger partial charge in [-0.2, -0.15) is 0 Å². The molecule has 160 valence electrons. The molecule has 1 unspecified atom stereocenters. The lowest BCUT2D eigenvalue weighted by Gasteiger charge is -2.31. The topological polar surface area (TPSA) is 60.3 Å². The van der Waals surface area contributed by atoms with Crippen LogP contribution in [-0.2, 0) is 16.1 Å². The van der Waals surface area contributed by atoms with Gasteiger partial charge in [-0.1, -0.05) is 18.2 Å². The monoisotopic (exact) mass is 416 g/mol. The largest absolute Gasteiger partial charge is 0.381 e. The maximum atomic E-state index is 12.7. The molecule has 31 heavy (non-hydrogen) atoms. The maximum absolute atomic E-state index is 12.7. The highest BCUT2D eigenvalue weighted by molar-refractivity contribution is 5.96. The number of imidazole rings is 1. The van der Waals surface area contributed by atoms with Crippen molar-refractivity contribution < 1.29 is 9.53 Å². The number of carbonyl (C=O) groups excluding carboxylic acids is 1. The molecule has 1 aliphatic carbocycles. The molecule has 2 aliphatic heterocycles. The van der Waals surface area contributed by atoms with Gasteiger partial charge in [-0.25, -0.2) is 4.98 Å². The molecule has 6 nitrogen and oxygen atoms in total. The molecule has 1 amide bonds. The summed E-state index contributed by atoms with van der Waals surface area (Å²) in [7, 11) is 1.89. The maximum Gasteiger partial charge on any atom is 0.245 e. The summed E-state index contributed by atoms with van der Waals surface area (Å²) in [5.41, 5.74) is 4.45. The predicted molar refractivity (Wildman–Crippen MR) is 119 cm³/mol. The van der Waals surface area contributed by atoms with E-state index in [-0.39, 0.29) is 11.9 Å². The summed E-state index contributed by atoms with van der Waals surface area (Å²) in [4.78, 5) is 24.5. The number of nitrogens with zero attached hydrogens (tertiary/aromatic N) is 4. The van der Waals surface area contributed by atoms with Crippen LogP contribution in [0, 0.1) is 0 Å². The molecular weight excluding hydrogens is 388 g/mol. The van der Waals surface area contributed by atoms with Gasteiger partial charge >= 0.3 is 0 Å². The fourth-order valence-corrected chi connectivity index (χ4v) is 5.26. The first kappa shape index (κ1) is 19.0. The second-order valence-electron chi connectivity index (χ2n) is 9.30. The highest BCUT2D eigenvalue weighted by Gasteiger charge is 2.38. The van der Waals surface area contributed by atoms with E-state index in [0.717, 1.165) is 72.8 Å². The normalized spacial score (nSPS) is 22.2. The van der Waals surface area contributed by atoms with Gasteiger partial charge in [0.25, 0.3) is 0 Å². The zero-order valence-electron chi connectivity index (χ0n) is 18.2. The lowest BCUT2D eigenvalue weighted by Crippen LogP contribution is -2.39. The molecule has 1 saturated carbocycles. The average molecular weight is 417 g/mol. The first-order chi connectivity index (χ1) is 15.1. The molecule has 1 atom stereocenters. The van der Waals surface area contributed by atoms with Crippen LogP contribution in [-0.4, -0.2) is 45.6 Å². The van der Waals surface area contributed by atoms with Crippen LogP contribution in [0.5, 0.6) is 0 Å². The molecule has 6 rings (SSSR count). The molecule has 3 aromatic rings. The molecule has 0 spiro atoms. The van der Waals surface area contributed by atoms with Crippen molar-refractivity contribution in [3.63, 3.8) is 0 Å². The fourth-order valence-electron chi connectivity index (χ4n) is 5.26. The van der Waals surface area contributed by atoms with Crippen LogP contribution in [0.2, 0.25) is 0 Å². The van der Waals surface area contributed by atoms with Crippen molar-refractivity contribution in [2.45, 2.75) is 57.0 Å². The van der Waals surface area contributed by atoms with Gasteiger partial charge < -0.3 is 14.2 Å². The number of pyridine rings is 1. The third kappa shape index (κ3) is 3.07. The first-order valence-electron chi connectivity index (χ1n) is 11.4. The zero-order valence-corrected chi connectivity index (χ0v) is 18.2. The minimum Gasteiger partial charge on any atom is -0.381 e. The van der Waals surface area contributed by atoms with Gasteiger partial charge in [0.05, 0.1) is 17.9 Å². The third-order valence-electron chi connectivity index (χ3n) is 7.17. The highest BCUT2D eigenvalue weighted by Crippen LogP contribution is 2.45. The zero-order chi connectivity index (χ0) is 21.1. The molecule has 0 bridgehead atoms. The molecular formula is C25H28N4O2. The predicted octanol–water partition coefficient (Wildman–Crippen LogP) is 4.40. The molecule has 2 aromatic heterocycles. The van der Waals surface area contributed by atoms with Crippen LogP contribution in [0.15, 0.2) is 30.5 Å². The first-order valence-corrected chi connectivity index (χ1v) is 11.4. The Morgan fingerprint density at radius 1 is 1.10 bits per heavy atom. The van der Waals surface area contributed by atoms with Crippen molar-refractivity contribution in [2.75, 3.05) is 20.3 Å². The van der Waals surface area contributed by atoms with E-state index in [1.165, 1.54) is 5.39 Å². The summed E-state index contributed by atoms with van der Waals surface area (Å²) in [6.45, 7) is 4.24. The lowest BCUT2D eigenvalue weighted by atomic mass is 9.94. The van der Waals surface area contributed by atoms with Gasteiger partial charge in [-0.3, -0.25) is 9.78 Å². The van der Waals surface area contributed by atoms with Crippen LogP contribution >= 0.6 is 0 Å². The number of aromatic nitrogens is 3. The number of ether oxygens (including phenoxy) is 1. The summed E-state index contributed by atoms with van der Waals surface area (Å²) in [5, 5.41) is 2.34. The van der Waals surface area contributed by atoms with Gasteiger partial charge in [0.15, 0.2) is 0 Å². The van der Waals surface area contributed by atoms with Crippen LogP contribution in [0.4, 0.5) is 0 Å². The molecule has 2 fully saturated rings. The smallest absolute Gasteiger partial charge is 0.245 e. The van der Waals surface area contributed by atoms with E-state index in [1.54, 1.807) is 0 Å². The number of benzene rings is 1. The number of hydrogen-bond acceptors (Lipinski definition) is 4. The minimum absolute atomic E-state index is 0.166. The molecule has 4 heterocycles. The van der Waals surface area contributed by atoms with Crippen molar-refractivity contribution in [3.05, 3.63) is 47.7 Å². The molecule has 6 heteroatoms. The van der Waals surface area contributed by atoms with E-state index in [0.29, 0.717) is 18.4 Å². The molecule has 1 saturated heterocycles. The molecule has 1 aromatic carbocycles. The summed E-state index contributed by atoms with van der Waals surface area (Å²) in [6.07, 6.45) is 6.43. The van der Waals surface area contributed by atoms with Crippen molar-refractivity contribution in [1.29, 1.82) is 0 Å². The SMILES string of the molecule is CC1C(=O)N(C)Cc2c(-c3cccc4cc(C5CCOCC5)ncc34)nc(C3CC3)n21. The van der Waals surface area contributed by atoms with Crippen molar-refractivity contribution in [2.24, 2.45) is 0 Å². The summed E-state index contributed by atoms with van der Waals surface area (Å²) in [5.74, 6) is 2.21. The van der Waals surface area contributed by atoms with Gasteiger partial charge in [-0.05, 0) is 44.1 Å². The highest BCUT2D eigenvalue weighted by atomic mass is 16.5. The Morgan fingerprint density at radius 3 is 2.68 bits per heavy atom. The Morgan fingerprint density at radius 2 is 1.90 bits per heavy atom. The number of likely N-dealkylation sites (N-methyl/N-ethyl adjacent to an activating group) is 1. The Labute approximate surface area is 182 Å². The van der Waals surface area contributed by atoms with E-state index >= 15 is 0 Å². The Bertz CT molecular complexity index is 1170. The number of amides is 1. The summed E-state index contributed by atoms with van der Waals surface area (Å²) in [6, 6.07) is 8.50. The number of fused-ring (bicyclic) bond motifs is 2. The quantitative estimate of drug-likeness (QED) is 0.635. The molecule has 3 aliphatic rings. The number of carbonyl (C=O) groups is 1. The second kappa shape index (κ2) is 7.16. The van der Waals surface area contributed by atoms with E-state index in [9.17, 15) is 4.79 Å². The fraction of sp³-hybridized carbons (Fsp3) is 0.480. The Kier molecular flexibility index (Phi) is 4.39. The Hall–Kier alpha value is -2.73. The molecule has 0 radical (unpaired) electrons. The molecule has 0 N–H and O–H groups in total. The van der Waals surface area contributed by atoms with Crippen molar-refractivity contribution in [3.8, 4) is 11.3 Å². The van der Waals surface area contributed by atoms with Gasteiger partial charge in [0.2, 0.25) is 5.91 Å². The van der Waals surface area contributed by atoms with E-state index in [2.05, 4.69) is 28.8 Å². The number of rotatable bonds is 3. The second-order valence-corrected chi connectivity index (χ2v) is 9.30. The van der Waals surface area contributed by atoms with Crippen LogP contribution in [0.1, 0.15) is 67.7 Å². The summed E-state index contributed by atoms with van der Waals surface area (Å²) >= 11 is 0. The third-order valence-corrected chi connectivity index (χ3v) is 7.17. The Balaban J connectivity index is 1.49. The van der Waals surface area contributed by atoms with Crippen LogP contribution in [0.25, 0.3) is 22.0 Å². The van der Waals surface area contributed by atoms with Gasteiger partial charge in [0, 0.05) is 54.9 Å². The standard InChI is InChI=1S/C25H28N4O2/c1-15-25(30)28(2)14-22-23(27-24(29(15)22)17-6-7-17)19-5-3-4-18-12-21(26-13-20(18)19)16-8-10-31-11-9-16/h3-5,12-13,15-17H,6-11,14H2,1-2H3. The van der Waals surface area contributed by atoms with E-state index in [1.807, 2.05) is 25.1 Å². The summed E-state index contributed by atoms with van der Waals surface area (Å²) < 4.78 is 7.74.